The standard InChI is InChI=1S/C22H21NO6S/c1-12-16(24)8-7-15-17(25)10-22(2,29-19(12)15)11-28-14-5-3-13(4-6-14)9-18-20(26)23-21(27)30-18/h3-8,24,26H,9-11H2,1-2H3,(H,23,27). The van der Waals surface area contributed by atoms with Crippen molar-refractivity contribution >= 4 is 17.1 Å². The Morgan fingerprint density at radius 2 is 1.90 bits per heavy atom. The minimum atomic E-state index is -0.857. The molecule has 3 N–H and O–H groups in total. The number of aromatic nitrogens is 1. The molecule has 0 amide bonds. The van der Waals surface area contributed by atoms with Crippen LogP contribution in [0.25, 0.3) is 0 Å². The molecular weight excluding hydrogens is 406 g/mol. The number of rotatable bonds is 5. The van der Waals surface area contributed by atoms with Crippen LogP contribution in [0, 0.1) is 6.92 Å². The largest absolute Gasteiger partial charge is 0.508 e. The van der Waals surface area contributed by atoms with Crippen molar-refractivity contribution in [3.8, 4) is 23.1 Å². The summed E-state index contributed by atoms with van der Waals surface area (Å²) in [4.78, 5) is 26.5. The molecule has 2 aromatic carbocycles. The zero-order valence-corrected chi connectivity index (χ0v) is 17.3. The van der Waals surface area contributed by atoms with Gasteiger partial charge in [0.1, 0.15) is 29.5 Å². The number of ether oxygens (including phenoxy) is 2. The first-order valence-corrected chi connectivity index (χ1v) is 10.2. The summed E-state index contributed by atoms with van der Waals surface area (Å²) in [5.41, 5.74) is 1.07. The van der Waals surface area contributed by atoms with Crippen molar-refractivity contribution in [2.45, 2.75) is 32.3 Å². The molecule has 1 unspecified atom stereocenters. The molecule has 2 heterocycles. The summed E-state index contributed by atoms with van der Waals surface area (Å²) in [6.07, 6.45) is 0.610. The van der Waals surface area contributed by atoms with E-state index in [9.17, 15) is 19.8 Å². The van der Waals surface area contributed by atoms with Crippen molar-refractivity contribution < 1.29 is 24.5 Å². The SMILES string of the molecule is Cc1c(O)ccc2c1OC(C)(COc1ccc(Cc3sc(=O)[nH]c3O)cc1)CC2=O. The Bertz CT molecular complexity index is 1160. The van der Waals surface area contributed by atoms with Crippen LogP contribution in [0.2, 0.25) is 0 Å². The minimum Gasteiger partial charge on any atom is -0.508 e. The van der Waals surface area contributed by atoms with E-state index < -0.39 is 5.60 Å². The first-order valence-electron chi connectivity index (χ1n) is 9.41. The van der Waals surface area contributed by atoms with Gasteiger partial charge in [0.2, 0.25) is 5.88 Å². The van der Waals surface area contributed by atoms with Crippen molar-refractivity contribution in [2.24, 2.45) is 0 Å². The smallest absolute Gasteiger partial charge is 0.307 e. The molecule has 0 spiro atoms. The maximum atomic E-state index is 12.6. The topological polar surface area (TPSA) is 109 Å². The van der Waals surface area contributed by atoms with E-state index in [-0.39, 0.29) is 35.3 Å². The molecule has 1 aromatic heterocycles. The molecule has 0 bridgehead atoms. The van der Waals surface area contributed by atoms with E-state index in [2.05, 4.69) is 4.98 Å². The van der Waals surface area contributed by atoms with Gasteiger partial charge in [0.25, 0.3) is 0 Å². The van der Waals surface area contributed by atoms with E-state index in [1.54, 1.807) is 25.1 Å². The van der Waals surface area contributed by atoms with Crippen LogP contribution in [0.15, 0.2) is 41.2 Å². The zero-order chi connectivity index (χ0) is 21.5. The number of phenols is 1. The number of ketones is 1. The number of hydrogen-bond acceptors (Lipinski definition) is 7. The second-order valence-electron chi connectivity index (χ2n) is 7.63. The number of fused-ring (bicyclic) bond motifs is 1. The van der Waals surface area contributed by atoms with E-state index in [0.717, 1.165) is 16.9 Å². The van der Waals surface area contributed by atoms with Gasteiger partial charge in [0.05, 0.1) is 16.9 Å². The first-order chi connectivity index (χ1) is 14.2. The Hall–Kier alpha value is -3.26. The molecule has 4 rings (SSSR count). The van der Waals surface area contributed by atoms with Gasteiger partial charge < -0.3 is 19.7 Å². The lowest BCUT2D eigenvalue weighted by atomic mass is 9.90. The molecule has 0 saturated heterocycles. The molecule has 0 radical (unpaired) electrons. The van der Waals surface area contributed by atoms with E-state index in [1.165, 1.54) is 6.07 Å². The summed E-state index contributed by atoms with van der Waals surface area (Å²) in [6.45, 7) is 3.68. The lowest BCUT2D eigenvalue weighted by molar-refractivity contribution is 0.0183. The van der Waals surface area contributed by atoms with Gasteiger partial charge in [0, 0.05) is 12.0 Å². The van der Waals surface area contributed by atoms with Crippen LogP contribution in [-0.4, -0.2) is 33.2 Å². The van der Waals surface area contributed by atoms with Crippen molar-refractivity contribution in [3.05, 3.63) is 67.6 Å². The van der Waals surface area contributed by atoms with Crippen LogP contribution < -0.4 is 14.3 Å². The summed E-state index contributed by atoms with van der Waals surface area (Å²) < 4.78 is 11.9. The number of hydrogen-bond donors (Lipinski definition) is 3. The molecule has 1 aliphatic heterocycles. The summed E-state index contributed by atoms with van der Waals surface area (Å²) in [5.74, 6) is 0.949. The number of carbonyl (C=O) groups is 1. The highest BCUT2D eigenvalue weighted by Gasteiger charge is 2.38. The monoisotopic (exact) mass is 427 g/mol. The minimum absolute atomic E-state index is 0.0499. The number of aromatic amines is 1. The number of benzene rings is 2. The number of phenolic OH excluding ortho intramolecular Hbond substituents is 1. The Labute approximate surface area is 176 Å². The van der Waals surface area contributed by atoms with Gasteiger partial charge in [-0.1, -0.05) is 23.5 Å². The quantitative estimate of drug-likeness (QED) is 0.575. The lowest BCUT2D eigenvalue weighted by Crippen LogP contribution is -2.44. The van der Waals surface area contributed by atoms with Gasteiger partial charge in [0.15, 0.2) is 5.78 Å². The second kappa shape index (κ2) is 7.53. The molecule has 0 saturated carbocycles. The third kappa shape index (κ3) is 3.91. The van der Waals surface area contributed by atoms with Crippen LogP contribution in [0.3, 0.4) is 0 Å². The molecule has 0 aliphatic carbocycles. The molecule has 1 atom stereocenters. The normalized spacial score (nSPS) is 18.0. The number of carbonyl (C=O) groups excluding carboxylic acids is 1. The first kappa shape index (κ1) is 20.0. The number of aromatic hydroxyl groups is 2. The average molecular weight is 427 g/mol. The number of nitrogens with one attached hydrogen (secondary N) is 1. The average Bonchev–Trinajstić information content (AvgIpc) is 3.01. The third-order valence-electron chi connectivity index (χ3n) is 5.09. The summed E-state index contributed by atoms with van der Waals surface area (Å²) >= 11 is 0.980. The maximum Gasteiger partial charge on any atom is 0.307 e. The zero-order valence-electron chi connectivity index (χ0n) is 16.5. The maximum absolute atomic E-state index is 12.6. The molecule has 0 fully saturated rings. The van der Waals surface area contributed by atoms with E-state index in [1.807, 2.05) is 19.1 Å². The number of Topliss-reactive ketones (excluding diaryl/α,β-unsaturated/α-hetero) is 1. The summed E-state index contributed by atoms with van der Waals surface area (Å²) in [6, 6.07) is 10.4. The molecule has 156 valence electrons. The fourth-order valence-corrected chi connectivity index (χ4v) is 4.19. The molecule has 1 aliphatic rings. The second-order valence-corrected chi connectivity index (χ2v) is 8.70. The Morgan fingerprint density at radius 3 is 2.57 bits per heavy atom. The van der Waals surface area contributed by atoms with Crippen molar-refractivity contribution in [2.75, 3.05) is 6.61 Å². The molecule has 7 nitrogen and oxygen atoms in total. The van der Waals surface area contributed by atoms with E-state index in [4.69, 9.17) is 9.47 Å². The predicted molar refractivity (Wildman–Crippen MR) is 112 cm³/mol. The van der Waals surface area contributed by atoms with Crippen LogP contribution >= 0.6 is 11.3 Å². The van der Waals surface area contributed by atoms with Crippen molar-refractivity contribution in [1.82, 2.24) is 4.98 Å². The Morgan fingerprint density at radius 1 is 1.17 bits per heavy atom. The van der Waals surface area contributed by atoms with Crippen LogP contribution in [0.5, 0.6) is 23.1 Å². The van der Waals surface area contributed by atoms with Crippen molar-refractivity contribution in [3.63, 3.8) is 0 Å². The van der Waals surface area contributed by atoms with Crippen molar-refractivity contribution in [1.29, 1.82) is 0 Å². The van der Waals surface area contributed by atoms with Crippen LogP contribution in [0.1, 0.15) is 39.7 Å². The summed E-state index contributed by atoms with van der Waals surface area (Å²) in [7, 11) is 0. The van der Waals surface area contributed by atoms with Crippen LogP contribution in [-0.2, 0) is 6.42 Å². The van der Waals surface area contributed by atoms with Crippen LogP contribution in [0.4, 0.5) is 0 Å². The fraction of sp³-hybridized carbons (Fsp3) is 0.273. The summed E-state index contributed by atoms with van der Waals surface area (Å²) in [5, 5.41) is 19.6. The van der Waals surface area contributed by atoms with Gasteiger partial charge in [-0.2, -0.15) is 0 Å². The molecule has 30 heavy (non-hydrogen) atoms. The van der Waals surface area contributed by atoms with E-state index >= 15 is 0 Å². The highest BCUT2D eigenvalue weighted by molar-refractivity contribution is 7.09. The number of thiazole rings is 1. The number of H-pyrrole nitrogens is 1. The van der Waals surface area contributed by atoms with Gasteiger partial charge >= 0.3 is 4.87 Å². The predicted octanol–water partition coefficient (Wildman–Crippen LogP) is 3.55. The third-order valence-corrected chi connectivity index (χ3v) is 5.96. The highest BCUT2D eigenvalue weighted by Crippen LogP contribution is 2.39. The van der Waals surface area contributed by atoms with Gasteiger partial charge in [-0.25, -0.2) is 0 Å². The van der Waals surface area contributed by atoms with E-state index in [0.29, 0.717) is 33.9 Å². The van der Waals surface area contributed by atoms with Gasteiger partial charge in [-0.15, -0.1) is 0 Å². The van der Waals surface area contributed by atoms with Gasteiger partial charge in [-0.3, -0.25) is 14.6 Å². The highest BCUT2D eigenvalue weighted by atomic mass is 32.1. The lowest BCUT2D eigenvalue weighted by Gasteiger charge is -2.35. The Balaban J connectivity index is 1.44. The van der Waals surface area contributed by atoms with Gasteiger partial charge in [-0.05, 0) is 43.7 Å². The molecule has 8 heteroatoms. The fourth-order valence-electron chi connectivity index (χ4n) is 3.43. The molecule has 3 aromatic rings. The molecular formula is C22H21NO6S. The Kier molecular flexibility index (Phi) is 5.03.